The Morgan fingerprint density at radius 3 is 2.73 bits per heavy atom. The quantitative estimate of drug-likeness (QED) is 0.912. The molecular weight excluding hydrogens is 281 g/mol. The molecule has 0 bridgehead atoms. The van der Waals surface area contributed by atoms with E-state index in [9.17, 15) is 9.18 Å². The van der Waals surface area contributed by atoms with Crippen molar-refractivity contribution in [2.24, 2.45) is 0 Å². The molecule has 0 spiro atoms. The third kappa shape index (κ3) is 2.51. The Labute approximate surface area is 129 Å². The minimum atomic E-state index is -0.733. The first-order valence-corrected chi connectivity index (χ1v) is 7.66. The third-order valence-corrected chi connectivity index (χ3v) is 4.65. The van der Waals surface area contributed by atoms with Crippen molar-refractivity contribution < 1.29 is 9.18 Å². The molecule has 1 amide bonds. The maximum atomic E-state index is 14.2. The molecule has 116 valence electrons. The number of amides is 1. The Morgan fingerprint density at radius 2 is 2.09 bits per heavy atom. The monoisotopic (exact) mass is 301 g/mol. The number of nitrogens with zero attached hydrogens (tertiary/aromatic N) is 1. The second-order valence-electron chi connectivity index (χ2n) is 5.97. The van der Waals surface area contributed by atoms with Crippen molar-refractivity contribution in [2.45, 2.75) is 44.6 Å². The van der Waals surface area contributed by atoms with Gasteiger partial charge >= 0.3 is 0 Å². The average molecular weight is 301 g/mol. The van der Waals surface area contributed by atoms with Gasteiger partial charge in [0.25, 0.3) is 0 Å². The van der Waals surface area contributed by atoms with Crippen LogP contribution in [-0.2, 0) is 16.8 Å². The van der Waals surface area contributed by atoms with Gasteiger partial charge < -0.3 is 5.32 Å². The number of aromatic nitrogens is 2. The molecule has 0 unspecified atom stereocenters. The van der Waals surface area contributed by atoms with Gasteiger partial charge in [-0.25, -0.2) is 4.39 Å². The van der Waals surface area contributed by atoms with Crippen LogP contribution in [0.1, 0.15) is 42.5 Å². The molecule has 0 aliphatic heterocycles. The summed E-state index contributed by atoms with van der Waals surface area (Å²) in [6, 6.07) is 6.63. The molecule has 1 aliphatic rings. The average Bonchev–Trinajstić information content (AvgIpc) is 3.15. The van der Waals surface area contributed by atoms with E-state index in [1.165, 1.54) is 6.07 Å². The van der Waals surface area contributed by atoms with E-state index in [2.05, 4.69) is 15.5 Å². The molecule has 1 aromatic heterocycles. The predicted octanol–water partition coefficient (Wildman–Crippen LogP) is 2.99. The van der Waals surface area contributed by atoms with Crippen molar-refractivity contribution in [3.63, 3.8) is 0 Å². The molecule has 5 heteroatoms. The van der Waals surface area contributed by atoms with Crippen molar-refractivity contribution >= 4 is 5.91 Å². The number of carbonyl (C=O) groups is 1. The van der Waals surface area contributed by atoms with Gasteiger partial charge in [-0.05, 0) is 25.8 Å². The number of rotatable bonds is 4. The van der Waals surface area contributed by atoms with Crippen LogP contribution >= 0.6 is 0 Å². The van der Waals surface area contributed by atoms with Gasteiger partial charge in [0.15, 0.2) is 0 Å². The van der Waals surface area contributed by atoms with E-state index in [0.717, 1.165) is 24.1 Å². The third-order valence-electron chi connectivity index (χ3n) is 4.65. The molecule has 1 saturated carbocycles. The van der Waals surface area contributed by atoms with E-state index in [1.54, 1.807) is 24.4 Å². The number of aromatic amines is 1. The Kier molecular flexibility index (Phi) is 3.96. The first-order chi connectivity index (χ1) is 10.6. The second kappa shape index (κ2) is 5.91. The summed E-state index contributed by atoms with van der Waals surface area (Å²) >= 11 is 0. The zero-order valence-electron chi connectivity index (χ0n) is 12.7. The van der Waals surface area contributed by atoms with Crippen LogP contribution in [0.2, 0.25) is 0 Å². The summed E-state index contributed by atoms with van der Waals surface area (Å²) in [5.74, 6) is -0.380. The number of carbonyl (C=O) groups excluding carboxylic acids is 1. The summed E-state index contributed by atoms with van der Waals surface area (Å²) in [5.41, 5.74) is 1.68. The van der Waals surface area contributed by atoms with Crippen LogP contribution in [0.5, 0.6) is 0 Å². The van der Waals surface area contributed by atoms with Crippen LogP contribution in [0.15, 0.2) is 30.5 Å². The summed E-state index contributed by atoms with van der Waals surface area (Å²) in [7, 11) is 0. The van der Waals surface area contributed by atoms with Crippen LogP contribution in [-0.4, -0.2) is 16.1 Å². The van der Waals surface area contributed by atoms with Gasteiger partial charge in [-0.1, -0.05) is 31.0 Å². The highest BCUT2D eigenvalue weighted by Gasteiger charge is 2.44. The minimum Gasteiger partial charge on any atom is -0.351 e. The van der Waals surface area contributed by atoms with Gasteiger partial charge in [0.05, 0.1) is 11.6 Å². The molecule has 2 N–H and O–H groups in total. The number of benzene rings is 1. The van der Waals surface area contributed by atoms with Crippen molar-refractivity contribution in [3.05, 3.63) is 53.1 Å². The molecule has 22 heavy (non-hydrogen) atoms. The lowest BCUT2D eigenvalue weighted by atomic mass is 9.77. The largest absolute Gasteiger partial charge is 0.351 e. The molecule has 0 atom stereocenters. The van der Waals surface area contributed by atoms with Gasteiger partial charge in [-0.3, -0.25) is 9.89 Å². The Morgan fingerprint density at radius 1 is 1.36 bits per heavy atom. The Bertz CT molecular complexity index is 674. The molecule has 1 fully saturated rings. The number of aryl methyl sites for hydroxylation is 1. The lowest BCUT2D eigenvalue weighted by molar-refractivity contribution is -0.126. The highest BCUT2D eigenvalue weighted by atomic mass is 19.1. The minimum absolute atomic E-state index is 0.0873. The number of nitrogens with one attached hydrogen (secondary N) is 2. The smallest absolute Gasteiger partial charge is 0.231 e. The molecule has 0 saturated heterocycles. The van der Waals surface area contributed by atoms with Crippen molar-refractivity contribution in [1.82, 2.24) is 15.5 Å². The Balaban J connectivity index is 1.83. The lowest BCUT2D eigenvalue weighted by Crippen LogP contribution is -2.42. The van der Waals surface area contributed by atoms with Crippen LogP contribution in [0.25, 0.3) is 0 Å². The molecule has 4 nitrogen and oxygen atoms in total. The second-order valence-corrected chi connectivity index (χ2v) is 5.97. The fourth-order valence-electron chi connectivity index (χ4n) is 3.35. The van der Waals surface area contributed by atoms with Gasteiger partial charge in [-0.2, -0.15) is 5.10 Å². The molecular formula is C17H20FN3O. The van der Waals surface area contributed by atoms with E-state index >= 15 is 0 Å². The zero-order valence-corrected chi connectivity index (χ0v) is 12.7. The van der Waals surface area contributed by atoms with Crippen LogP contribution in [0, 0.1) is 12.7 Å². The van der Waals surface area contributed by atoms with Crippen molar-refractivity contribution in [1.29, 1.82) is 0 Å². The zero-order chi connectivity index (χ0) is 15.6. The normalized spacial score (nSPS) is 16.6. The van der Waals surface area contributed by atoms with Gasteiger partial charge in [-0.15, -0.1) is 0 Å². The van der Waals surface area contributed by atoms with Gasteiger partial charge in [0.1, 0.15) is 5.82 Å². The molecule has 1 heterocycles. The highest BCUT2D eigenvalue weighted by molar-refractivity contribution is 5.88. The standard InChI is InChI=1S/C17H20FN3O/c1-12-13(11-20-21-12)10-19-16(22)17(8-4-5-9-17)14-6-2-3-7-15(14)18/h2-3,6-7,11H,4-5,8-10H2,1H3,(H,19,22)(H,20,21). The predicted molar refractivity (Wildman–Crippen MR) is 81.7 cm³/mol. The number of H-pyrrole nitrogens is 1. The fourth-order valence-corrected chi connectivity index (χ4v) is 3.35. The summed E-state index contributed by atoms with van der Waals surface area (Å²) in [6.07, 6.45) is 5.01. The van der Waals surface area contributed by atoms with E-state index in [-0.39, 0.29) is 11.7 Å². The summed E-state index contributed by atoms with van der Waals surface area (Å²) < 4.78 is 14.2. The molecule has 2 aromatic rings. The van der Waals surface area contributed by atoms with Crippen molar-refractivity contribution in [2.75, 3.05) is 0 Å². The highest BCUT2D eigenvalue weighted by Crippen LogP contribution is 2.42. The topological polar surface area (TPSA) is 57.8 Å². The maximum absolute atomic E-state index is 14.2. The van der Waals surface area contributed by atoms with Crippen LogP contribution in [0.3, 0.4) is 0 Å². The Hall–Kier alpha value is -2.17. The summed E-state index contributed by atoms with van der Waals surface area (Å²) in [5, 5.41) is 9.77. The van der Waals surface area contributed by atoms with Gasteiger partial charge in [0.2, 0.25) is 5.91 Å². The maximum Gasteiger partial charge on any atom is 0.231 e. The first-order valence-electron chi connectivity index (χ1n) is 7.66. The molecule has 1 aliphatic carbocycles. The summed E-state index contributed by atoms with van der Waals surface area (Å²) in [4.78, 5) is 12.8. The summed E-state index contributed by atoms with van der Waals surface area (Å²) in [6.45, 7) is 2.33. The molecule has 3 rings (SSSR count). The SMILES string of the molecule is Cc1[nH]ncc1CNC(=O)C1(c2ccccc2F)CCCC1. The van der Waals surface area contributed by atoms with E-state index in [4.69, 9.17) is 0 Å². The van der Waals surface area contributed by atoms with Gasteiger partial charge in [0, 0.05) is 23.4 Å². The number of hydrogen-bond acceptors (Lipinski definition) is 2. The fraction of sp³-hybridized carbons (Fsp3) is 0.412. The lowest BCUT2D eigenvalue weighted by Gasteiger charge is -2.28. The molecule has 0 radical (unpaired) electrons. The van der Waals surface area contributed by atoms with E-state index in [1.807, 2.05) is 6.92 Å². The van der Waals surface area contributed by atoms with Crippen LogP contribution < -0.4 is 5.32 Å². The van der Waals surface area contributed by atoms with Crippen LogP contribution in [0.4, 0.5) is 4.39 Å². The molecule has 1 aromatic carbocycles. The van der Waals surface area contributed by atoms with Crippen molar-refractivity contribution in [3.8, 4) is 0 Å². The van der Waals surface area contributed by atoms with E-state index < -0.39 is 5.41 Å². The number of hydrogen-bond donors (Lipinski definition) is 2. The first kappa shape index (κ1) is 14.8. The van der Waals surface area contributed by atoms with E-state index in [0.29, 0.717) is 24.9 Å². The number of halogens is 1.